The Morgan fingerprint density at radius 3 is 2.76 bits per heavy atom. The molecule has 2 N–H and O–H groups in total. The number of phenolic OH excluding ortho intramolecular Hbond substituents is 2. The van der Waals surface area contributed by atoms with E-state index in [4.69, 9.17) is 14.2 Å². The summed E-state index contributed by atoms with van der Waals surface area (Å²) in [6, 6.07) is 8.39. The number of aromatic hydroxyl groups is 2. The van der Waals surface area contributed by atoms with Crippen molar-refractivity contribution < 1.29 is 24.4 Å². The van der Waals surface area contributed by atoms with Crippen LogP contribution in [0, 0.1) is 0 Å². The fraction of sp³-hybridized carbons (Fsp3) is 0.250. The van der Waals surface area contributed by atoms with Crippen molar-refractivity contribution in [3.63, 3.8) is 0 Å². The Bertz CT molecular complexity index is 725. The smallest absolute Gasteiger partial charge is 0.164 e. The van der Waals surface area contributed by atoms with Gasteiger partial charge in [0.05, 0.1) is 19.6 Å². The lowest BCUT2D eigenvalue weighted by Crippen LogP contribution is -2.22. The standard InChI is InChI=1S/C16H14O5/c1-19-15-6-14-10(5-12(15)18)11-7-20-13-4-8(17)2-3-9(13)16(11)21-14/h2-6,11,16-18H,7H2,1H3/t11-,16-/m0/s1. The molecule has 2 aliphatic rings. The Morgan fingerprint density at radius 2 is 1.95 bits per heavy atom. The third kappa shape index (κ3) is 1.70. The first kappa shape index (κ1) is 12.2. The molecule has 5 heteroatoms. The van der Waals surface area contributed by atoms with Gasteiger partial charge in [-0.15, -0.1) is 0 Å². The second-order valence-electron chi connectivity index (χ2n) is 5.24. The number of hydrogen-bond donors (Lipinski definition) is 2. The first-order valence-corrected chi connectivity index (χ1v) is 6.70. The number of phenols is 2. The van der Waals surface area contributed by atoms with Crippen molar-refractivity contribution in [2.24, 2.45) is 0 Å². The molecule has 0 fully saturated rings. The van der Waals surface area contributed by atoms with Crippen LogP contribution >= 0.6 is 0 Å². The molecular formula is C16H14O5. The van der Waals surface area contributed by atoms with E-state index in [-0.39, 0.29) is 23.5 Å². The summed E-state index contributed by atoms with van der Waals surface area (Å²) in [5, 5.41) is 19.5. The van der Waals surface area contributed by atoms with Gasteiger partial charge in [0.1, 0.15) is 23.4 Å². The van der Waals surface area contributed by atoms with Crippen LogP contribution in [0.2, 0.25) is 0 Å². The molecule has 2 heterocycles. The topological polar surface area (TPSA) is 68.2 Å². The van der Waals surface area contributed by atoms with Crippen LogP contribution in [0.15, 0.2) is 30.3 Å². The zero-order chi connectivity index (χ0) is 14.6. The number of benzene rings is 2. The van der Waals surface area contributed by atoms with Crippen LogP contribution in [0.1, 0.15) is 23.1 Å². The summed E-state index contributed by atoms with van der Waals surface area (Å²) < 4.78 is 16.9. The molecule has 2 aromatic rings. The summed E-state index contributed by atoms with van der Waals surface area (Å²) in [5.74, 6) is 2.01. The number of hydrogen-bond acceptors (Lipinski definition) is 5. The predicted octanol–water partition coefficient (Wildman–Crippen LogP) is 2.72. The molecule has 0 radical (unpaired) electrons. The molecule has 2 atom stereocenters. The fourth-order valence-corrected chi connectivity index (χ4v) is 3.02. The Morgan fingerprint density at radius 1 is 1.10 bits per heavy atom. The van der Waals surface area contributed by atoms with E-state index < -0.39 is 0 Å². The van der Waals surface area contributed by atoms with E-state index in [1.54, 1.807) is 24.3 Å². The number of rotatable bonds is 1. The number of fused-ring (bicyclic) bond motifs is 5. The average Bonchev–Trinajstić information content (AvgIpc) is 2.83. The van der Waals surface area contributed by atoms with E-state index in [9.17, 15) is 10.2 Å². The molecule has 4 rings (SSSR count). The number of methoxy groups -OCH3 is 1. The maximum Gasteiger partial charge on any atom is 0.164 e. The third-order valence-corrected chi connectivity index (χ3v) is 4.05. The Labute approximate surface area is 121 Å². The second-order valence-corrected chi connectivity index (χ2v) is 5.24. The van der Waals surface area contributed by atoms with Gasteiger partial charge >= 0.3 is 0 Å². The van der Waals surface area contributed by atoms with Gasteiger partial charge in [0.2, 0.25) is 0 Å². The highest BCUT2D eigenvalue weighted by Gasteiger charge is 2.41. The molecule has 0 bridgehead atoms. The Kier molecular flexibility index (Phi) is 2.45. The van der Waals surface area contributed by atoms with Gasteiger partial charge in [-0.1, -0.05) is 0 Å². The SMILES string of the molecule is COc1cc2c(cc1O)[C@@H]1COc3cc(O)ccc3[C@@H]1O2. The Hall–Kier alpha value is -2.56. The first-order valence-electron chi connectivity index (χ1n) is 6.70. The molecule has 108 valence electrons. The zero-order valence-corrected chi connectivity index (χ0v) is 11.4. The lowest BCUT2D eigenvalue weighted by atomic mass is 9.89. The number of ether oxygens (including phenoxy) is 3. The molecule has 0 spiro atoms. The van der Waals surface area contributed by atoms with Crippen LogP contribution in [0.25, 0.3) is 0 Å². The Balaban J connectivity index is 1.80. The molecular weight excluding hydrogens is 272 g/mol. The zero-order valence-electron chi connectivity index (χ0n) is 11.4. The molecule has 21 heavy (non-hydrogen) atoms. The van der Waals surface area contributed by atoms with Crippen LogP contribution < -0.4 is 14.2 Å². The highest BCUT2D eigenvalue weighted by atomic mass is 16.5. The van der Waals surface area contributed by atoms with Crippen LogP contribution in [0.4, 0.5) is 0 Å². The minimum Gasteiger partial charge on any atom is -0.508 e. The van der Waals surface area contributed by atoms with Gasteiger partial charge in [0.25, 0.3) is 0 Å². The van der Waals surface area contributed by atoms with Crippen LogP contribution in [-0.4, -0.2) is 23.9 Å². The monoisotopic (exact) mass is 286 g/mol. The molecule has 0 saturated heterocycles. The quantitative estimate of drug-likeness (QED) is 0.843. The van der Waals surface area contributed by atoms with Crippen molar-refractivity contribution in [3.8, 4) is 28.7 Å². The van der Waals surface area contributed by atoms with Gasteiger partial charge in [0, 0.05) is 23.3 Å². The fourth-order valence-electron chi connectivity index (χ4n) is 3.02. The van der Waals surface area contributed by atoms with E-state index >= 15 is 0 Å². The minimum atomic E-state index is -0.171. The summed E-state index contributed by atoms with van der Waals surface area (Å²) >= 11 is 0. The maximum atomic E-state index is 9.94. The molecule has 0 saturated carbocycles. The second kappa shape index (κ2) is 4.22. The highest BCUT2D eigenvalue weighted by molar-refractivity contribution is 5.56. The third-order valence-electron chi connectivity index (χ3n) is 4.05. The van der Waals surface area contributed by atoms with Gasteiger partial charge in [0.15, 0.2) is 11.5 Å². The van der Waals surface area contributed by atoms with Crippen molar-refractivity contribution in [3.05, 3.63) is 41.5 Å². The summed E-state index contributed by atoms with van der Waals surface area (Å²) in [4.78, 5) is 0. The van der Waals surface area contributed by atoms with Crippen molar-refractivity contribution in [2.75, 3.05) is 13.7 Å². The van der Waals surface area contributed by atoms with Crippen LogP contribution in [-0.2, 0) is 0 Å². The predicted molar refractivity (Wildman–Crippen MR) is 74.4 cm³/mol. The minimum absolute atomic E-state index is 0.0221. The molecule has 2 aliphatic heterocycles. The molecule has 5 nitrogen and oxygen atoms in total. The molecule has 0 aromatic heterocycles. The average molecular weight is 286 g/mol. The van der Waals surface area contributed by atoms with Gasteiger partial charge in [-0.2, -0.15) is 0 Å². The summed E-state index contributed by atoms with van der Waals surface area (Å²) in [5.41, 5.74) is 1.82. The summed E-state index contributed by atoms with van der Waals surface area (Å²) in [6.07, 6.45) is -0.171. The van der Waals surface area contributed by atoms with Crippen LogP contribution in [0.3, 0.4) is 0 Å². The normalized spacial score (nSPS) is 21.6. The summed E-state index contributed by atoms with van der Waals surface area (Å²) in [7, 11) is 1.50. The summed E-state index contributed by atoms with van der Waals surface area (Å²) in [6.45, 7) is 0.444. The largest absolute Gasteiger partial charge is 0.508 e. The van der Waals surface area contributed by atoms with Crippen molar-refractivity contribution in [1.82, 2.24) is 0 Å². The molecule has 0 unspecified atom stereocenters. The highest BCUT2D eigenvalue weighted by Crippen LogP contribution is 2.53. The van der Waals surface area contributed by atoms with E-state index in [1.807, 2.05) is 6.07 Å². The first-order chi connectivity index (χ1) is 10.2. The molecule has 0 amide bonds. The van der Waals surface area contributed by atoms with E-state index in [0.717, 1.165) is 11.1 Å². The van der Waals surface area contributed by atoms with E-state index in [0.29, 0.717) is 23.9 Å². The van der Waals surface area contributed by atoms with Crippen molar-refractivity contribution >= 4 is 0 Å². The van der Waals surface area contributed by atoms with Gasteiger partial charge in [-0.3, -0.25) is 0 Å². The molecule has 2 aromatic carbocycles. The van der Waals surface area contributed by atoms with Crippen LogP contribution in [0.5, 0.6) is 28.7 Å². The molecule has 0 aliphatic carbocycles. The van der Waals surface area contributed by atoms with Crippen molar-refractivity contribution in [1.29, 1.82) is 0 Å². The maximum absolute atomic E-state index is 9.94. The lowest BCUT2D eigenvalue weighted by molar-refractivity contribution is 0.139. The lowest BCUT2D eigenvalue weighted by Gasteiger charge is -2.27. The van der Waals surface area contributed by atoms with Gasteiger partial charge in [-0.05, 0) is 18.2 Å². The van der Waals surface area contributed by atoms with Crippen molar-refractivity contribution in [2.45, 2.75) is 12.0 Å². The van der Waals surface area contributed by atoms with E-state index in [2.05, 4.69) is 0 Å². The van der Waals surface area contributed by atoms with E-state index in [1.165, 1.54) is 7.11 Å². The van der Waals surface area contributed by atoms with Gasteiger partial charge < -0.3 is 24.4 Å². The van der Waals surface area contributed by atoms with Gasteiger partial charge in [-0.25, -0.2) is 0 Å².